The monoisotopic (exact) mass is 370 g/mol. The quantitative estimate of drug-likeness (QED) is 0.650. The van der Waals surface area contributed by atoms with E-state index in [1.807, 2.05) is 0 Å². The molecule has 0 unspecified atom stereocenters. The molecule has 0 aliphatic carbocycles. The van der Waals surface area contributed by atoms with Crippen LogP contribution in [0.2, 0.25) is 0 Å². The summed E-state index contributed by atoms with van der Waals surface area (Å²) in [5.41, 5.74) is 0.684. The molecule has 0 aromatic heterocycles. The molecule has 9 heteroatoms. The molecule has 2 aromatic carbocycles. The van der Waals surface area contributed by atoms with Crippen molar-refractivity contribution in [1.29, 1.82) is 0 Å². The van der Waals surface area contributed by atoms with Crippen LogP contribution in [-0.2, 0) is 4.79 Å². The summed E-state index contributed by atoms with van der Waals surface area (Å²) < 4.78 is 57.5. The van der Waals surface area contributed by atoms with Gasteiger partial charge in [0.25, 0.3) is 11.8 Å². The molecule has 2 rings (SSSR count). The fourth-order valence-electron chi connectivity index (χ4n) is 1.97. The number of hydrogen-bond donors (Lipinski definition) is 1. The van der Waals surface area contributed by atoms with E-state index < -0.39 is 41.5 Å². The third kappa shape index (κ3) is 4.29. The van der Waals surface area contributed by atoms with Crippen molar-refractivity contribution in [3.63, 3.8) is 0 Å². The second-order valence-electron chi connectivity index (χ2n) is 5.41. The molecular formula is C17H14F4N2O3. The highest BCUT2D eigenvalue weighted by Crippen LogP contribution is 2.26. The summed E-state index contributed by atoms with van der Waals surface area (Å²) in [5, 5.41) is 2.35. The van der Waals surface area contributed by atoms with Crippen LogP contribution in [0.1, 0.15) is 10.4 Å². The molecule has 2 aromatic rings. The van der Waals surface area contributed by atoms with E-state index in [0.29, 0.717) is 11.3 Å². The molecule has 0 aliphatic rings. The molecular weight excluding hydrogens is 356 g/mol. The molecule has 0 saturated heterocycles. The number of nitrogens with one attached hydrogen (secondary N) is 1. The van der Waals surface area contributed by atoms with Crippen molar-refractivity contribution in [2.24, 2.45) is 0 Å². The molecule has 0 atom stereocenters. The number of benzene rings is 2. The number of carbonyl (C=O) groups is 2. The summed E-state index contributed by atoms with van der Waals surface area (Å²) in [4.78, 5) is 24.9. The van der Waals surface area contributed by atoms with Crippen LogP contribution in [-0.4, -0.2) is 37.4 Å². The minimum Gasteiger partial charge on any atom is -0.477 e. The van der Waals surface area contributed by atoms with Gasteiger partial charge in [-0.25, -0.2) is 8.78 Å². The first-order chi connectivity index (χ1) is 12.2. The van der Waals surface area contributed by atoms with E-state index in [1.54, 1.807) is 14.1 Å². The molecule has 0 radical (unpaired) electrons. The van der Waals surface area contributed by atoms with Gasteiger partial charge >= 0.3 is 0 Å². The van der Waals surface area contributed by atoms with E-state index in [1.165, 1.54) is 29.2 Å². The highest BCUT2D eigenvalue weighted by atomic mass is 19.2. The summed E-state index contributed by atoms with van der Waals surface area (Å²) in [7, 11) is 3.17. The maximum absolute atomic E-state index is 13.4. The van der Waals surface area contributed by atoms with Crippen molar-refractivity contribution in [1.82, 2.24) is 4.90 Å². The normalized spacial score (nSPS) is 10.4. The number of amides is 2. The van der Waals surface area contributed by atoms with Gasteiger partial charge in [-0.1, -0.05) is 0 Å². The van der Waals surface area contributed by atoms with Gasteiger partial charge < -0.3 is 15.0 Å². The van der Waals surface area contributed by atoms with Crippen LogP contribution in [0.15, 0.2) is 30.3 Å². The van der Waals surface area contributed by atoms with Gasteiger partial charge in [0.15, 0.2) is 24.0 Å². The molecule has 0 heterocycles. The van der Waals surface area contributed by atoms with Crippen molar-refractivity contribution in [3.8, 4) is 5.75 Å². The van der Waals surface area contributed by atoms with E-state index in [9.17, 15) is 27.2 Å². The van der Waals surface area contributed by atoms with Crippen molar-refractivity contribution in [2.75, 3.05) is 26.0 Å². The van der Waals surface area contributed by atoms with E-state index in [2.05, 4.69) is 10.1 Å². The Bertz CT molecular complexity index is 813. The van der Waals surface area contributed by atoms with Crippen molar-refractivity contribution in [2.45, 2.75) is 0 Å². The number of anilines is 1. The van der Waals surface area contributed by atoms with Gasteiger partial charge in [-0.05, 0) is 24.3 Å². The lowest BCUT2D eigenvalue weighted by Gasteiger charge is -2.12. The first-order valence-electron chi connectivity index (χ1n) is 7.28. The topological polar surface area (TPSA) is 58.6 Å². The van der Waals surface area contributed by atoms with Crippen LogP contribution in [0, 0.1) is 23.3 Å². The van der Waals surface area contributed by atoms with Crippen molar-refractivity contribution < 1.29 is 31.9 Å². The molecule has 138 valence electrons. The Morgan fingerprint density at radius 1 is 1.00 bits per heavy atom. The molecule has 0 saturated carbocycles. The first-order valence-corrected chi connectivity index (χ1v) is 7.28. The molecule has 2 amide bonds. The van der Waals surface area contributed by atoms with Gasteiger partial charge in [0.1, 0.15) is 0 Å². The van der Waals surface area contributed by atoms with E-state index in [0.717, 1.165) is 0 Å². The highest BCUT2D eigenvalue weighted by molar-refractivity contribution is 5.95. The Kier molecular flexibility index (Phi) is 5.81. The number of ether oxygens (including phenoxy) is 1. The number of hydrogen-bond acceptors (Lipinski definition) is 3. The second-order valence-corrected chi connectivity index (χ2v) is 5.41. The van der Waals surface area contributed by atoms with Crippen molar-refractivity contribution >= 4 is 17.5 Å². The minimum atomic E-state index is -1.73. The average molecular weight is 370 g/mol. The van der Waals surface area contributed by atoms with Crippen LogP contribution in [0.4, 0.5) is 23.2 Å². The summed E-state index contributed by atoms with van der Waals surface area (Å²) in [6.07, 6.45) is 0. The minimum absolute atomic E-state index is 0.0359. The van der Waals surface area contributed by atoms with Crippen LogP contribution < -0.4 is 10.1 Å². The summed E-state index contributed by atoms with van der Waals surface area (Å²) in [6.45, 7) is -0.880. The predicted molar refractivity (Wildman–Crippen MR) is 84.9 cm³/mol. The zero-order valence-corrected chi connectivity index (χ0v) is 13.8. The standard InChI is InChI=1S/C17H14F4N2O3/c1-23(2)17(25)9-3-5-10(6-4-9)22-13(24)8-26-16-14(20)11(18)7-12(19)15(16)21/h3-7H,8H2,1-2H3,(H,22,24). The molecule has 0 spiro atoms. The summed E-state index contributed by atoms with van der Waals surface area (Å²) >= 11 is 0. The number of nitrogens with zero attached hydrogens (tertiary/aromatic N) is 1. The third-order valence-corrected chi connectivity index (χ3v) is 3.24. The lowest BCUT2D eigenvalue weighted by Crippen LogP contribution is -2.22. The maximum atomic E-state index is 13.4. The van der Waals surface area contributed by atoms with Gasteiger partial charge in [-0.3, -0.25) is 9.59 Å². The first kappa shape index (κ1) is 19.2. The van der Waals surface area contributed by atoms with Crippen LogP contribution >= 0.6 is 0 Å². The third-order valence-electron chi connectivity index (χ3n) is 3.24. The molecule has 0 bridgehead atoms. The lowest BCUT2D eigenvalue weighted by molar-refractivity contribution is -0.118. The fraction of sp³-hybridized carbons (Fsp3) is 0.176. The van der Waals surface area contributed by atoms with Crippen LogP contribution in [0.25, 0.3) is 0 Å². The zero-order valence-electron chi connectivity index (χ0n) is 13.8. The average Bonchev–Trinajstić information content (AvgIpc) is 2.60. The van der Waals surface area contributed by atoms with Gasteiger partial charge in [-0.2, -0.15) is 8.78 Å². The summed E-state index contributed by atoms with van der Waals surface area (Å²) in [6, 6.07) is 5.86. The Morgan fingerprint density at radius 2 is 1.54 bits per heavy atom. The largest absolute Gasteiger partial charge is 0.477 e. The molecule has 0 aliphatic heterocycles. The van der Waals surface area contributed by atoms with Crippen molar-refractivity contribution in [3.05, 3.63) is 59.2 Å². The number of halogens is 4. The van der Waals surface area contributed by atoms with Crippen LogP contribution in [0.5, 0.6) is 5.75 Å². The Labute approximate surface area is 146 Å². The summed E-state index contributed by atoms with van der Waals surface area (Å²) in [5.74, 6) is -9.11. The Hall–Kier alpha value is -3.10. The second kappa shape index (κ2) is 7.85. The number of carbonyl (C=O) groups excluding carboxylic acids is 2. The van der Waals surface area contributed by atoms with E-state index >= 15 is 0 Å². The highest BCUT2D eigenvalue weighted by Gasteiger charge is 2.21. The van der Waals surface area contributed by atoms with E-state index in [4.69, 9.17) is 0 Å². The molecule has 1 N–H and O–H groups in total. The number of rotatable bonds is 5. The zero-order chi connectivity index (χ0) is 19.4. The molecule has 5 nitrogen and oxygen atoms in total. The predicted octanol–water partition coefficient (Wildman–Crippen LogP) is 2.96. The Morgan fingerprint density at radius 3 is 2.04 bits per heavy atom. The SMILES string of the molecule is CN(C)C(=O)c1ccc(NC(=O)COc2c(F)c(F)cc(F)c2F)cc1. The molecule has 0 fully saturated rings. The van der Waals surface area contributed by atoms with Crippen LogP contribution in [0.3, 0.4) is 0 Å². The van der Waals surface area contributed by atoms with Gasteiger partial charge in [0.05, 0.1) is 0 Å². The van der Waals surface area contributed by atoms with Gasteiger partial charge in [-0.15, -0.1) is 0 Å². The van der Waals surface area contributed by atoms with E-state index in [-0.39, 0.29) is 12.0 Å². The fourth-order valence-corrected chi connectivity index (χ4v) is 1.97. The van der Waals surface area contributed by atoms with Gasteiger partial charge in [0, 0.05) is 31.4 Å². The smallest absolute Gasteiger partial charge is 0.262 e. The van der Waals surface area contributed by atoms with Gasteiger partial charge in [0.2, 0.25) is 11.6 Å². The lowest BCUT2D eigenvalue weighted by atomic mass is 10.2. The maximum Gasteiger partial charge on any atom is 0.262 e. The molecule has 26 heavy (non-hydrogen) atoms. The Balaban J connectivity index is 2.01.